The molecular formula is C20H22N2O5. The predicted octanol–water partition coefficient (Wildman–Crippen LogP) is 4.07. The van der Waals surface area contributed by atoms with Crippen LogP contribution in [0.25, 0.3) is 0 Å². The summed E-state index contributed by atoms with van der Waals surface area (Å²) >= 11 is 0. The Labute approximate surface area is 157 Å². The summed E-state index contributed by atoms with van der Waals surface area (Å²) in [5.41, 5.74) is 1.54. The Morgan fingerprint density at radius 2 is 1.59 bits per heavy atom. The highest BCUT2D eigenvalue weighted by Gasteiger charge is 2.10. The summed E-state index contributed by atoms with van der Waals surface area (Å²) < 4.78 is 9.63. The topological polar surface area (TPSA) is 93.7 Å². The molecule has 0 radical (unpaired) electrons. The smallest absolute Gasteiger partial charge is 0.434 e. The molecule has 0 saturated heterocycles. The summed E-state index contributed by atoms with van der Waals surface area (Å²) in [6.07, 6.45) is -0.796. The first kappa shape index (κ1) is 20.0. The normalized spacial score (nSPS) is 10.2. The predicted molar refractivity (Wildman–Crippen MR) is 102 cm³/mol. The van der Waals surface area contributed by atoms with Gasteiger partial charge in [0.2, 0.25) is 5.91 Å². The molecule has 2 N–H and O–H groups in total. The van der Waals surface area contributed by atoms with Gasteiger partial charge in [0.05, 0.1) is 6.61 Å². The van der Waals surface area contributed by atoms with Crippen molar-refractivity contribution in [3.8, 4) is 5.75 Å². The van der Waals surface area contributed by atoms with E-state index in [9.17, 15) is 14.4 Å². The van der Waals surface area contributed by atoms with Crippen LogP contribution in [0.1, 0.15) is 31.1 Å². The van der Waals surface area contributed by atoms with Crippen LogP contribution in [-0.4, -0.2) is 24.6 Å². The van der Waals surface area contributed by atoms with Gasteiger partial charge in [-0.15, -0.1) is 0 Å². The summed E-state index contributed by atoms with van der Waals surface area (Å²) in [6.45, 7) is 5.50. The van der Waals surface area contributed by atoms with Gasteiger partial charge in [-0.2, -0.15) is 0 Å². The van der Waals surface area contributed by atoms with Gasteiger partial charge in [0.15, 0.2) is 0 Å². The second-order valence-corrected chi connectivity index (χ2v) is 5.99. The maximum Gasteiger partial charge on any atom is 0.513 e. The first-order chi connectivity index (χ1) is 12.9. The molecule has 142 valence electrons. The zero-order valence-electron chi connectivity index (χ0n) is 15.4. The lowest BCUT2D eigenvalue weighted by Crippen LogP contribution is -2.18. The number of hydrogen-bond acceptors (Lipinski definition) is 5. The molecule has 2 amide bonds. The first-order valence-electron chi connectivity index (χ1n) is 8.56. The first-order valence-corrected chi connectivity index (χ1v) is 8.56. The lowest BCUT2D eigenvalue weighted by atomic mass is 10.2. The lowest BCUT2D eigenvalue weighted by Gasteiger charge is -2.10. The molecule has 0 spiro atoms. The van der Waals surface area contributed by atoms with E-state index in [4.69, 9.17) is 4.74 Å². The number of amides is 2. The van der Waals surface area contributed by atoms with Gasteiger partial charge >= 0.3 is 6.16 Å². The number of benzene rings is 2. The lowest BCUT2D eigenvalue weighted by molar-refractivity contribution is -0.118. The van der Waals surface area contributed by atoms with E-state index in [1.807, 2.05) is 0 Å². The fourth-order valence-electron chi connectivity index (χ4n) is 2.08. The van der Waals surface area contributed by atoms with Gasteiger partial charge < -0.3 is 20.1 Å². The quantitative estimate of drug-likeness (QED) is 0.590. The van der Waals surface area contributed by atoms with Crippen molar-refractivity contribution in [3.05, 3.63) is 54.1 Å². The summed E-state index contributed by atoms with van der Waals surface area (Å²) in [7, 11) is 0. The van der Waals surface area contributed by atoms with E-state index in [0.29, 0.717) is 16.9 Å². The van der Waals surface area contributed by atoms with Gasteiger partial charge in [-0.05, 0) is 49.4 Å². The van der Waals surface area contributed by atoms with E-state index in [1.54, 1.807) is 45.0 Å². The Morgan fingerprint density at radius 3 is 2.19 bits per heavy atom. The van der Waals surface area contributed by atoms with Crippen molar-refractivity contribution in [2.45, 2.75) is 20.8 Å². The van der Waals surface area contributed by atoms with E-state index in [0.717, 1.165) is 0 Å². The van der Waals surface area contributed by atoms with Crippen molar-refractivity contribution >= 4 is 29.3 Å². The third-order valence-corrected chi connectivity index (χ3v) is 3.49. The second-order valence-electron chi connectivity index (χ2n) is 5.99. The number of carbonyl (C=O) groups is 3. The fourth-order valence-corrected chi connectivity index (χ4v) is 2.08. The van der Waals surface area contributed by atoms with Gasteiger partial charge in [0, 0.05) is 22.9 Å². The van der Waals surface area contributed by atoms with Crippen LogP contribution in [0, 0.1) is 5.92 Å². The monoisotopic (exact) mass is 370 g/mol. The highest BCUT2D eigenvalue weighted by Crippen LogP contribution is 2.18. The Kier molecular flexibility index (Phi) is 6.93. The fraction of sp³-hybridized carbons (Fsp3) is 0.250. The van der Waals surface area contributed by atoms with Gasteiger partial charge in [0.1, 0.15) is 5.75 Å². The van der Waals surface area contributed by atoms with Gasteiger partial charge in [0.25, 0.3) is 5.91 Å². The standard InChI is InChI=1S/C20H22N2O5/c1-4-26-20(25)27-17-10-8-14(9-11-17)19(24)22-16-7-5-6-15(12-16)21-18(23)13(2)3/h5-13H,4H2,1-3H3,(H,21,23)(H,22,24). The minimum atomic E-state index is -0.796. The Hall–Kier alpha value is -3.35. The van der Waals surface area contributed by atoms with E-state index in [-0.39, 0.29) is 30.1 Å². The molecule has 0 atom stereocenters. The maximum absolute atomic E-state index is 12.4. The molecule has 0 aromatic heterocycles. The summed E-state index contributed by atoms with van der Waals surface area (Å²) in [4.78, 5) is 35.4. The third kappa shape index (κ3) is 6.14. The van der Waals surface area contributed by atoms with Crippen LogP contribution < -0.4 is 15.4 Å². The molecule has 2 aromatic carbocycles. The van der Waals surface area contributed by atoms with E-state index in [2.05, 4.69) is 15.4 Å². The molecule has 0 saturated carbocycles. The summed E-state index contributed by atoms with van der Waals surface area (Å²) in [6, 6.07) is 13.0. The second kappa shape index (κ2) is 9.38. The van der Waals surface area contributed by atoms with Crippen LogP contribution in [0.3, 0.4) is 0 Å². The highest BCUT2D eigenvalue weighted by molar-refractivity contribution is 6.04. The average molecular weight is 370 g/mol. The van der Waals surface area contributed by atoms with Gasteiger partial charge in [-0.1, -0.05) is 19.9 Å². The Morgan fingerprint density at radius 1 is 0.963 bits per heavy atom. The van der Waals surface area contributed by atoms with E-state index < -0.39 is 6.16 Å². The maximum atomic E-state index is 12.4. The molecule has 7 nitrogen and oxygen atoms in total. The van der Waals surface area contributed by atoms with Gasteiger partial charge in [-0.25, -0.2) is 4.79 Å². The van der Waals surface area contributed by atoms with E-state index in [1.165, 1.54) is 24.3 Å². The molecule has 0 aliphatic carbocycles. The number of nitrogens with one attached hydrogen (secondary N) is 2. The molecule has 0 bridgehead atoms. The van der Waals surface area contributed by atoms with Crippen LogP contribution in [-0.2, 0) is 9.53 Å². The highest BCUT2D eigenvalue weighted by atomic mass is 16.7. The molecule has 2 aromatic rings. The zero-order chi connectivity index (χ0) is 19.8. The number of hydrogen-bond donors (Lipinski definition) is 2. The molecule has 0 unspecified atom stereocenters. The van der Waals surface area contributed by atoms with Crippen LogP contribution in [0.15, 0.2) is 48.5 Å². The van der Waals surface area contributed by atoms with E-state index >= 15 is 0 Å². The minimum absolute atomic E-state index is 0.101. The molecule has 2 rings (SSSR count). The van der Waals surface area contributed by atoms with Crippen molar-refractivity contribution in [2.75, 3.05) is 17.2 Å². The summed E-state index contributed by atoms with van der Waals surface area (Å²) in [5, 5.41) is 5.54. The van der Waals surface area contributed by atoms with Crippen molar-refractivity contribution in [1.82, 2.24) is 0 Å². The van der Waals surface area contributed by atoms with Crippen molar-refractivity contribution in [3.63, 3.8) is 0 Å². The largest absolute Gasteiger partial charge is 0.513 e. The summed E-state index contributed by atoms with van der Waals surface area (Å²) in [5.74, 6) is -0.289. The number of ether oxygens (including phenoxy) is 2. The van der Waals surface area contributed by atoms with Gasteiger partial charge in [-0.3, -0.25) is 9.59 Å². The number of anilines is 2. The van der Waals surface area contributed by atoms with Crippen molar-refractivity contribution in [2.24, 2.45) is 5.92 Å². The zero-order valence-corrected chi connectivity index (χ0v) is 15.4. The average Bonchev–Trinajstić information content (AvgIpc) is 2.62. The van der Waals surface area contributed by atoms with Crippen LogP contribution in [0.4, 0.5) is 16.2 Å². The molecule has 7 heteroatoms. The van der Waals surface area contributed by atoms with Crippen LogP contribution >= 0.6 is 0 Å². The molecule has 0 aliphatic rings. The molecule has 0 aliphatic heterocycles. The third-order valence-electron chi connectivity index (χ3n) is 3.49. The SMILES string of the molecule is CCOC(=O)Oc1ccc(C(=O)Nc2cccc(NC(=O)C(C)C)c2)cc1. The molecule has 0 heterocycles. The van der Waals surface area contributed by atoms with Crippen LogP contribution in [0.2, 0.25) is 0 Å². The van der Waals surface area contributed by atoms with Crippen LogP contribution in [0.5, 0.6) is 5.75 Å². The molecule has 0 fully saturated rings. The Bertz CT molecular complexity index is 815. The number of carbonyl (C=O) groups excluding carboxylic acids is 3. The minimum Gasteiger partial charge on any atom is -0.434 e. The molecule has 27 heavy (non-hydrogen) atoms. The molecular weight excluding hydrogens is 348 g/mol. The number of rotatable bonds is 6. The van der Waals surface area contributed by atoms with Crippen molar-refractivity contribution in [1.29, 1.82) is 0 Å². The Balaban J connectivity index is 2.00. The van der Waals surface area contributed by atoms with Crippen molar-refractivity contribution < 1.29 is 23.9 Å².